The Morgan fingerprint density at radius 1 is 0.981 bits per heavy atom. The second-order valence-electron chi connectivity index (χ2n) is 16.5. The number of pyridine rings is 1. The topological polar surface area (TPSA) is 152 Å². The van der Waals surface area contributed by atoms with Crippen LogP contribution in [0.2, 0.25) is 10.0 Å². The molecule has 1 aliphatic carbocycles. The first kappa shape index (κ1) is 38.4. The maximum Gasteiger partial charge on any atom is 0.408 e. The maximum atomic E-state index is 14.6. The standard InChI is InChI=1S/C39H47Cl2N5O7/c1-19(2)26-17-39(26,35(49)42-9)45-32(47)27-16-22(18-46(27)34(48)31(37(3,4)5)44-36(50)53-38(6,7)8)51-33-24-14-20(40)10-12-23(24)30-29(43-33)25-15-21(41)11-13-28(25)52-30/h10-15,19,22,26-27,31H,16-18H2,1-9H3,(H,42,49)(H,44,50)(H,45,47). The number of likely N-dealkylation sites (tertiary alicyclic amines) is 1. The molecule has 0 bridgehead atoms. The first-order chi connectivity index (χ1) is 24.7. The van der Waals surface area contributed by atoms with Crippen LogP contribution in [0.25, 0.3) is 32.8 Å². The summed E-state index contributed by atoms with van der Waals surface area (Å²) in [5.41, 5.74) is -1.03. The number of hydrogen-bond acceptors (Lipinski definition) is 8. The number of hydrogen-bond donors (Lipinski definition) is 3. The van der Waals surface area contributed by atoms with E-state index in [4.69, 9.17) is 42.1 Å². The summed E-state index contributed by atoms with van der Waals surface area (Å²) in [6.45, 7) is 14.7. The fourth-order valence-electron chi connectivity index (χ4n) is 7.35. The molecule has 2 aromatic carbocycles. The van der Waals surface area contributed by atoms with Gasteiger partial charge in [-0.25, -0.2) is 9.78 Å². The van der Waals surface area contributed by atoms with Gasteiger partial charge in [-0.05, 0) is 80.8 Å². The number of rotatable bonds is 8. The zero-order valence-electron chi connectivity index (χ0n) is 31.5. The van der Waals surface area contributed by atoms with Crippen molar-refractivity contribution in [3.05, 3.63) is 46.4 Å². The molecule has 0 spiro atoms. The first-order valence-electron chi connectivity index (χ1n) is 17.8. The summed E-state index contributed by atoms with van der Waals surface area (Å²) in [6, 6.07) is 8.48. The molecular weight excluding hydrogens is 721 g/mol. The van der Waals surface area contributed by atoms with Gasteiger partial charge >= 0.3 is 6.09 Å². The smallest absolute Gasteiger partial charge is 0.408 e. The molecule has 1 saturated heterocycles. The van der Waals surface area contributed by atoms with Crippen LogP contribution in [-0.2, 0) is 19.1 Å². The molecule has 14 heteroatoms. The molecule has 3 heterocycles. The SMILES string of the molecule is CNC(=O)C1(NC(=O)C2CC(Oc3nc4c5cc(Cl)ccc5oc4c4ccc(Cl)cc34)CN2C(=O)C(NC(=O)OC(C)(C)C)C(C)(C)C)CC1C(C)C. The van der Waals surface area contributed by atoms with E-state index >= 15 is 0 Å². The lowest BCUT2D eigenvalue weighted by molar-refractivity contribution is -0.143. The van der Waals surface area contributed by atoms with Crippen LogP contribution < -0.4 is 20.7 Å². The third-order valence-electron chi connectivity index (χ3n) is 9.99. The van der Waals surface area contributed by atoms with Gasteiger partial charge in [0.25, 0.3) is 0 Å². The Bertz CT molecular complexity index is 2120. The first-order valence-corrected chi connectivity index (χ1v) is 18.6. The van der Waals surface area contributed by atoms with Crippen LogP contribution in [0.5, 0.6) is 5.88 Å². The second-order valence-corrected chi connectivity index (χ2v) is 17.4. The highest BCUT2D eigenvalue weighted by Gasteiger charge is 2.62. The molecular formula is C39H47Cl2N5O7. The number of halogens is 2. The van der Waals surface area contributed by atoms with E-state index in [1.165, 1.54) is 11.9 Å². The number of fused-ring (bicyclic) bond motifs is 5. The monoisotopic (exact) mass is 767 g/mol. The minimum Gasteiger partial charge on any atom is -0.472 e. The van der Waals surface area contributed by atoms with Crippen molar-refractivity contribution in [2.24, 2.45) is 17.3 Å². The number of carbonyl (C=O) groups is 4. The Labute approximate surface area is 318 Å². The minimum atomic E-state index is -1.10. The van der Waals surface area contributed by atoms with E-state index < -0.39 is 52.7 Å². The number of nitrogens with one attached hydrogen (secondary N) is 3. The molecule has 5 atom stereocenters. The minimum absolute atomic E-state index is 0.0141. The van der Waals surface area contributed by atoms with Gasteiger partial charge in [0, 0.05) is 39.7 Å². The molecule has 53 heavy (non-hydrogen) atoms. The highest BCUT2D eigenvalue weighted by Crippen LogP contribution is 2.49. The van der Waals surface area contributed by atoms with E-state index in [-0.39, 0.29) is 36.6 Å². The molecule has 1 saturated carbocycles. The van der Waals surface area contributed by atoms with Gasteiger partial charge in [-0.1, -0.05) is 57.8 Å². The Hall–Kier alpha value is -4.29. The number of likely N-dealkylation sites (N-methyl/N-ethyl adjacent to an activating group) is 1. The molecule has 284 valence electrons. The van der Waals surface area contributed by atoms with Crippen molar-refractivity contribution in [3.63, 3.8) is 0 Å². The van der Waals surface area contributed by atoms with Crippen LogP contribution in [0.15, 0.2) is 40.8 Å². The van der Waals surface area contributed by atoms with E-state index in [9.17, 15) is 19.2 Å². The summed E-state index contributed by atoms with van der Waals surface area (Å²) in [5.74, 6) is -0.992. The predicted octanol–water partition coefficient (Wildman–Crippen LogP) is 7.01. The van der Waals surface area contributed by atoms with Gasteiger partial charge < -0.3 is 34.7 Å². The van der Waals surface area contributed by atoms with Gasteiger partial charge in [-0.3, -0.25) is 14.4 Å². The van der Waals surface area contributed by atoms with E-state index in [1.54, 1.807) is 51.1 Å². The number of ether oxygens (including phenoxy) is 2. The number of amides is 4. The molecule has 2 aromatic heterocycles. The van der Waals surface area contributed by atoms with Crippen molar-refractivity contribution in [2.75, 3.05) is 13.6 Å². The van der Waals surface area contributed by atoms with Crippen LogP contribution in [0.1, 0.15) is 68.2 Å². The van der Waals surface area contributed by atoms with Gasteiger partial charge in [0.2, 0.25) is 23.6 Å². The van der Waals surface area contributed by atoms with Gasteiger partial charge in [0.1, 0.15) is 40.4 Å². The molecule has 0 radical (unpaired) electrons. The fourth-order valence-corrected chi connectivity index (χ4v) is 7.69. The van der Waals surface area contributed by atoms with Crippen LogP contribution in [-0.4, -0.2) is 76.6 Å². The number of alkyl carbamates (subject to hydrolysis) is 1. The van der Waals surface area contributed by atoms with Crippen LogP contribution in [0.3, 0.4) is 0 Å². The largest absolute Gasteiger partial charge is 0.472 e. The summed E-state index contributed by atoms with van der Waals surface area (Å²) in [4.78, 5) is 61.5. The summed E-state index contributed by atoms with van der Waals surface area (Å²) in [6.07, 6.45) is -0.928. The molecule has 2 fully saturated rings. The van der Waals surface area contributed by atoms with Crippen LogP contribution >= 0.6 is 23.2 Å². The van der Waals surface area contributed by atoms with E-state index in [0.29, 0.717) is 49.3 Å². The molecule has 3 N–H and O–H groups in total. The lowest BCUT2D eigenvalue weighted by atomic mass is 9.85. The van der Waals surface area contributed by atoms with E-state index in [1.807, 2.05) is 40.7 Å². The molecule has 5 unspecified atom stereocenters. The number of nitrogens with zero attached hydrogens (tertiary/aromatic N) is 2. The van der Waals surface area contributed by atoms with Gasteiger partial charge in [0.05, 0.1) is 6.54 Å². The van der Waals surface area contributed by atoms with Gasteiger partial charge in [-0.15, -0.1) is 0 Å². The maximum absolute atomic E-state index is 14.6. The summed E-state index contributed by atoms with van der Waals surface area (Å²) >= 11 is 12.8. The number of furan rings is 1. The van der Waals surface area contributed by atoms with Crippen molar-refractivity contribution in [1.29, 1.82) is 0 Å². The van der Waals surface area contributed by atoms with Gasteiger partial charge in [-0.2, -0.15) is 0 Å². The molecule has 12 nitrogen and oxygen atoms in total. The summed E-state index contributed by atoms with van der Waals surface area (Å²) in [7, 11) is 1.54. The van der Waals surface area contributed by atoms with Crippen molar-refractivity contribution in [2.45, 2.75) is 97.6 Å². The van der Waals surface area contributed by atoms with E-state index in [2.05, 4.69) is 16.0 Å². The number of carbonyl (C=O) groups excluding carboxylic acids is 4. The van der Waals surface area contributed by atoms with Crippen molar-refractivity contribution in [3.8, 4) is 5.88 Å². The molecule has 6 rings (SSSR count). The third kappa shape index (κ3) is 7.58. The predicted molar refractivity (Wildman–Crippen MR) is 204 cm³/mol. The average Bonchev–Trinajstić information content (AvgIpc) is 3.46. The average molecular weight is 769 g/mol. The number of aromatic nitrogens is 1. The zero-order chi connectivity index (χ0) is 38.8. The van der Waals surface area contributed by atoms with Crippen LogP contribution in [0, 0.1) is 17.3 Å². The highest BCUT2D eigenvalue weighted by molar-refractivity contribution is 6.32. The zero-order valence-corrected chi connectivity index (χ0v) is 33.0. The highest BCUT2D eigenvalue weighted by atomic mass is 35.5. The lowest BCUT2D eigenvalue weighted by Gasteiger charge is -2.36. The van der Waals surface area contributed by atoms with Crippen molar-refractivity contribution >= 4 is 79.9 Å². The Morgan fingerprint density at radius 2 is 1.64 bits per heavy atom. The van der Waals surface area contributed by atoms with Crippen LogP contribution in [0.4, 0.5) is 4.79 Å². The fraction of sp³-hybridized carbons (Fsp3) is 0.513. The Morgan fingerprint density at radius 3 is 2.25 bits per heavy atom. The van der Waals surface area contributed by atoms with Crippen molar-refractivity contribution < 1.29 is 33.1 Å². The van der Waals surface area contributed by atoms with Gasteiger partial charge in [0.15, 0.2) is 5.58 Å². The Balaban J connectivity index is 1.39. The summed E-state index contributed by atoms with van der Waals surface area (Å²) < 4.78 is 18.4. The summed E-state index contributed by atoms with van der Waals surface area (Å²) in [5, 5.41) is 11.4. The molecule has 2 aliphatic rings. The quantitative estimate of drug-likeness (QED) is 0.173. The van der Waals surface area contributed by atoms with E-state index in [0.717, 1.165) is 0 Å². The van der Waals surface area contributed by atoms with Crippen molar-refractivity contribution in [1.82, 2.24) is 25.8 Å². The molecule has 4 amide bonds. The Kier molecular flexibility index (Phi) is 10.0. The lowest BCUT2D eigenvalue weighted by Crippen LogP contribution is -2.60. The third-order valence-corrected chi connectivity index (χ3v) is 10.5. The normalized spacial score (nSPS) is 22.3. The molecule has 1 aliphatic heterocycles. The molecule has 4 aromatic rings. The number of benzene rings is 2. The second kappa shape index (κ2) is 13.8.